The first kappa shape index (κ1) is 48.0. The fourth-order valence-electron chi connectivity index (χ4n) is 6.97. The number of alkyl carbamates (subject to hydrolysis) is 1. The van der Waals surface area contributed by atoms with E-state index in [1.54, 1.807) is 26.0 Å². The van der Waals surface area contributed by atoms with Crippen molar-refractivity contribution in [3.8, 4) is 16.9 Å². The molecule has 0 fully saturated rings. The van der Waals surface area contributed by atoms with Crippen LogP contribution in [0.5, 0.6) is 5.75 Å². The molecular weight excluding hydrogens is 847 g/mol. The summed E-state index contributed by atoms with van der Waals surface area (Å²) in [6, 6.07) is 21.8. The minimum atomic E-state index is -1.41. The molecule has 0 bridgehead atoms. The smallest absolute Gasteiger partial charge is 0.481 e. The van der Waals surface area contributed by atoms with Gasteiger partial charge in [-0.15, -0.1) is 0 Å². The summed E-state index contributed by atoms with van der Waals surface area (Å²) in [5, 5.41) is 33.1. The third-order valence-corrected chi connectivity index (χ3v) is 10.3. The number of rotatable bonds is 21. The van der Waals surface area contributed by atoms with Crippen LogP contribution in [0.25, 0.3) is 11.1 Å². The van der Waals surface area contributed by atoms with E-state index in [4.69, 9.17) is 19.9 Å². The maximum Gasteiger partial charge on any atom is 0.514 e. The van der Waals surface area contributed by atoms with Crippen LogP contribution in [0, 0.1) is 16.0 Å². The predicted molar refractivity (Wildman–Crippen MR) is 233 cm³/mol. The summed E-state index contributed by atoms with van der Waals surface area (Å²) < 4.78 is 15.7. The van der Waals surface area contributed by atoms with Crippen molar-refractivity contribution < 1.29 is 57.8 Å². The normalized spacial score (nSPS) is 12.8. The maximum absolute atomic E-state index is 13.8. The van der Waals surface area contributed by atoms with Gasteiger partial charge in [-0.25, -0.2) is 14.4 Å². The Balaban J connectivity index is 1.19. The highest BCUT2D eigenvalue weighted by molar-refractivity contribution is 5.99. The van der Waals surface area contributed by atoms with E-state index >= 15 is 0 Å². The molecule has 8 N–H and O–H groups in total. The van der Waals surface area contributed by atoms with Crippen LogP contribution in [0.3, 0.4) is 0 Å². The summed E-state index contributed by atoms with van der Waals surface area (Å²) in [5.74, 6) is -4.30. The van der Waals surface area contributed by atoms with Crippen LogP contribution in [0.4, 0.5) is 25.8 Å². The largest absolute Gasteiger partial charge is 0.514 e. The van der Waals surface area contributed by atoms with Crippen molar-refractivity contribution in [3.05, 3.63) is 124 Å². The molecule has 5 rings (SSSR count). The summed E-state index contributed by atoms with van der Waals surface area (Å²) in [6.07, 6.45) is -2.62. The first-order chi connectivity index (χ1) is 31.1. The molecule has 4 aromatic rings. The molecule has 0 saturated heterocycles. The highest BCUT2D eigenvalue weighted by atomic mass is 16.7. The van der Waals surface area contributed by atoms with Crippen LogP contribution in [0.2, 0.25) is 0 Å². The molecule has 3 atom stereocenters. The van der Waals surface area contributed by atoms with Gasteiger partial charge in [-0.2, -0.15) is 0 Å². The van der Waals surface area contributed by atoms with Crippen LogP contribution in [-0.4, -0.2) is 83.3 Å². The van der Waals surface area contributed by atoms with Crippen LogP contribution in [0.15, 0.2) is 97.1 Å². The standard InChI is InChI=1S/C45H49N7O13/c1-26(2)39(51-41(56)37(21-22-38(53)54)50-44(59)63-25-35-33-10-5-3-8-31(33)32-9-4-6-11-34(32)35)42(57)49-36(12-7-23-47-43(46)58)40(55)48-28-15-13-27(14-16-28)24-64-45(60)65-30-19-17-29(18-20-30)52(61)62/h3-6,8-11,13-20,26,35-37,39H,7,12,21-25H2,1-2H3,(H,48,55)(H,49,57)(H,50,59)(H,51,56)(H,53,54)(H3,46,47,58). The lowest BCUT2D eigenvalue weighted by Crippen LogP contribution is -2.58. The first-order valence-corrected chi connectivity index (χ1v) is 20.6. The molecule has 3 unspecified atom stereocenters. The Hall–Kier alpha value is -8.03. The average Bonchev–Trinajstić information content (AvgIpc) is 3.60. The molecule has 65 heavy (non-hydrogen) atoms. The number of nitrogens with zero attached hydrogens (tertiary/aromatic N) is 1. The van der Waals surface area contributed by atoms with Crippen LogP contribution in [-0.2, 0) is 35.3 Å². The summed E-state index contributed by atoms with van der Waals surface area (Å²) in [5.41, 5.74) is 9.77. The number of hydrogen-bond acceptors (Lipinski definition) is 12. The number of carboxylic acids is 1. The van der Waals surface area contributed by atoms with Crippen LogP contribution < -0.4 is 37.1 Å². The average molecular weight is 896 g/mol. The molecule has 0 aromatic heterocycles. The Morgan fingerprint density at radius 2 is 1.37 bits per heavy atom. The number of benzene rings is 4. The second kappa shape index (κ2) is 22.9. The molecule has 1 aliphatic rings. The summed E-state index contributed by atoms with van der Waals surface area (Å²) >= 11 is 0. The van der Waals surface area contributed by atoms with E-state index in [9.17, 15) is 48.8 Å². The number of nitrogens with two attached hydrogens (primary N) is 1. The van der Waals surface area contributed by atoms with E-state index in [1.165, 1.54) is 36.4 Å². The van der Waals surface area contributed by atoms with E-state index in [2.05, 4.69) is 26.6 Å². The molecule has 0 aliphatic heterocycles. The number of carbonyl (C=O) groups is 7. The van der Waals surface area contributed by atoms with Crippen LogP contribution >= 0.6 is 0 Å². The number of carbonyl (C=O) groups excluding carboxylic acids is 6. The molecule has 0 spiro atoms. The number of nitrogens with one attached hydrogen (secondary N) is 5. The van der Waals surface area contributed by atoms with E-state index in [-0.39, 0.29) is 56.4 Å². The van der Waals surface area contributed by atoms with E-state index in [0.29, 0.717) is 11.3 Å². The minimum Gasteiger partial charge on any atom is -0.481 e. The number of non-ortho nitro benzene ring substituents is 1. The van der Waals surface area contributed by atoms with Crippen molar-refractivity contribution in [2.75, 3.05) is 18.5 Å². The molecule has 0 radical (unpaired) electrons. The highest BCUT2D eigenvalue weighted by Crippen LogP contribution is 2.44. The van der Waals surface area contributed by atoms with Gasteiger partial charge in [0.05, 0.1) is 4.92 Å². The molecule has 20 heteroatoms. The number of aliphatic carboxylic acids is 1. The van der Waals surface area contributed by atoms with Crippen molar-refractivity contribution >= 4 is 53.3 Å². The molecule has 342 valence electrons. The topological polar surface area (TPSA) is 297 Å². The maximum atomic E-state index is 13.8. The quantitative estimate of drug-likeness (QED) is 0.0189. The zero-order valence-corrected chi connectivity index (χ0v) is 35.4. The van der Waals surface area contributed by atoms with Gasteiger partial charge in [-0.05, 0) is 77.3 Å². The van der Waals surface area contributed by atoms with Gasteiger partial charge in [0.2, 0.25) is 17.7 Å². The van der Waals surface area contributed by atoms with Gasteiger partial charge in [0.15, 0.2) is 0 Å². The molecule has 0 saturated carbocycles. The molecule has 6 amide bonds. The summed E-state index contributed by atoms with van der Waals surface area (Å²) in [4.78, 5) is 99.6. The number of ether oxygens (including phenoxy) is 3. The Morgan fingerprint density at radius 1 is 0.754 bits per heavy atom. The Bertz CT molecular complexity index is 2330. The molecular formula is C45H49N7O13. The van der Waals surface area contributed by atoms with E-state index < -0.39 is 77.4 Å². The van der Waals surface area contributed by atoms with Crippen molar-refractivity contribution in [1.29, 1.82) is 0 Å². The van der Waals surface area contributed by atoms with Gasteiger partial charge in [0, 0.05) is 36.7 Å². The molecule has 20 nitrogen and oxygen atoms in total. The van der Waals surface area contributed by atoms with Gasteiger partial charge in [-0.1, -0.05) is 74.5 Å². The van der Waals surface area contributed by atoms with E-state index in [0.717, 1.165) is 22.3 Å². The number of anilines is 1. The van der Waals surface area contributed by atoms with Crippen LogP contribution in [0.1, 0.15) is 62.1 Å². The first-order valence-electron chi connectivity index (χ1n) is 20.6. The second-order valence-corrected chi connectivity index (χ2v) is 15.3. The molecule has 0 heterocycles. The van der Waals surface area contributed by atoms with Crippen molar-refractivity contribution in [3.63, 3.8) is 0 Å². The lowest BCUT2D eigenvalue weighted by Gasteiger charge is -2.27. The number of nitro groups is 1. The fourth-order valence-corrected chi connectivity index (χ4v) is 6.97. The summed E-state index contributed by atoms with van der Waals surface area (Å²) in [6.45, 7) is 3.08. The number of carboxylic acid groups (broad SMARTS) is 1. The number of amides is 6. The van der Waals surface area contributed by atoms with Gasteiger partial charge < -0.3 is 51.6 Å². The Kier molecular flexibility index (Phi) is 16.9. The summed E-state index contributed by atoms with van der Waals surface area (Å²) in [7, 11) is 0. The monoisotopic (exact) mass is 895 g/mol. The highest BCUT2D eigenvalue weighted by Gasteiger charge is 2.33. The van der Waals surface area contributed by atoms with Crippen molar-refractivity contribution in [1.82, 2.24) is 21.3 Å². The van der Waals surface area contributed by atoms with Crippen molar-refractivity contribution in [2.24, 2.45) is 11.7 Å². The van der Waals surface area contributed by atoms with Crippen molar-refractivity contribution in [2.45, 2.75) is 70.2 Å². The number of urea groups is 1. The van der Waals surface area contributed by atoms with Gasteiger partial charge >= 0.3 is 24.2 Å². The number of hydrogen-bond donors (Lipinski definition) is 7. The minimum absolute atomic E-state index is 0.0178. The molecule has 1 aliphatic carbocycles. The number of primary amides is 1. The lowest BCUT2D eigenvalue weighted by atomic mass is 9.98. The SMILES string of the molecule is CC(C)C(NC(=O)C(CCC(=O)O)NC(=O)OCC1c2ccccc2-c2ccccc21)C(=O)NC(CCCNC(N)=O)C(=O)Nc1ccc(COC(=O)Oc2ccc([N+](=O)[O-])cc2)cc1. The Labute approximate surface area is 372 Å². The fraction of sp³-hybridized carbons (Fsp3) is 0.311. The third-order valence-electron chi connectivity index (χ3n) is 10.3. The molecule has 4 aromatic carbocycles. The lowest BCUT2D eigenvalue weighted by molar-refractivity contribution is -0.384. The zero-order valence-electron chi connectivity index (χ0n) is 35.4. The van der Waals surface area contributed by atoms with Gasteiger partial charge in [-0.3, -0.25) is 29.3 Å². The second-order valence-electron chi connectivity index (χ2n) is 15.3. The number of fused-ring (bicyclic) bond motifs is 3. The van der Waals surface area contributed by atoms with Gasteiger partial charge in [0.1, 0.15) is 37.1 Å². The van der Waals surface area contributed by atoms with E-state index in [1.807, 2.05) is 48.5 Å². The van der Waals surface area contributed by atoms with Gasteiger partial charge in [0.25, 0.3) is 5.69 Å². The predicted octanol–water partition coefficient (Wildman–Crippen LogP) is 5.10. The third kappa shape index (κ3) is 14.0. The number of nitro benzene ring substituents is 1. The zero-order chi connectivity index (χ0) is 47.0. The Morgan fingerprint density at radius 3 is 1.95 bits per heavy atom.